The van der Waals surface area contributed by atoms with Crippen LogP contribution in [0, 0.1) is 0 Å². The molecular formula is C9H18N6O. The highest BCUT2D eigenvalue weighted by Crippen LogP contribution is 2.11. The summed E-state index contributed by atoms with van der Waals surface area (Å²) in [4.78, 5) is 14.2. The average molecular weight is 226 g/mol. The second-order valence-electron chi connectivity index (χ2n) is 3.14. The molecule has 1 heterocycles. The van der Waals surface area contributed by atoms with Crippen molar-refractivity contribution >= 4 is 17.8 Å². The molecule has 7 heteroatoms. The minimum atomic E-state index is 0.0200. The molecule has 1 aromatic heterocycles. The zero-order valence-electron chi connectivity index (χ0n) is 9.64. The fourth-order valence-electron chi connectivity index (χ4n) is 1.28. The van der Waals surface area contributed by atoms with E-state index in [9.17, 15) is 0 Å². The Morgan fingerprint density at radius 1 is 1.25 bits per heavy atom. The van der Waals surface area contributed by atoms with Crippen LogP contribution in [0.1, 0.15) is 13.8 Å². The molecule has 0 aromatic carbocycles. The van der Waals surface area contributed by atoms with Crippen LogP contribution in [0.3, 0.4) is 0 Å². The summed E-state index contributed by atoms with van der Waals surface area (Å²) < 4.78 is 0. The van der Waals surface area contributed by atoms with Crippen molar-refractivity contribution in [1.82, 2.24) is 15.0 Å². The number of aromatic nitrogens is 3. The number of rotatable bonds is 6. The number of nitrogens with one attached hydrogen (secondary N) is 1. The zero-order chi connectivity index (χ0) is 12.0. The van der Waals surface area contributed by atoms with Gasteiger partial charge in [-0.25, -0.2) is 0 Å². The summed E-state index contributed by atoms with van der Waals surface area (Å²) in [7, 11) is 0. The third kappa shape index (κ3) is 3.20. The molecule has 0 amide bonds. The topological polar surface area (TPSA) is 100 Å². The smallest absolute Gasteiger partial charge is 0.231 e. The van der Waals surface area contributed by atoms with Crippen LogP contribution in [0.25, 0.3) is 0 Å². The molecule has 90 valence electrons. The van der Waals surface area contributed by atoms with Gasteiger partial charge in [0.25, 0.3) is 0 Å². The van der Waals surface area contributed by atoms with Crippen LogP contribution in [0.4, 0.5) is 17.8 Å². The molecule has 16 heavy (non-hydrogen) atoms. The number of aliphatic hydroxyl groups is 1. The lowest BCUT2D eigenvalue weighted by atomic mass is 10.5. The third-order valence-corrected chi connectivity index (χ3v) is 2.08. The lowest BCUT2D eigenvalue weighted by Gasteiger charge is -2.18. The first kappa shape index (κ1) is 12.4. The van der Waals surface area contributed by atoms with Crippen LogP contribution < -0.4 is 16.0 Å². The Balaban J connectivity index is 2.88. The average Bonchev–Trinajstić information content (AvgIpc) is 2.27. The predicted octanol–water partition coefficient (Wildman–Crippen LogP) is -0.296. The molecule has 0 aliphatic carbocycles. The van der Waals surface area contributed by atoms with Crippen LogP contribution >= 0.6 is 0 Å². The molecule has 4 N–H and O–H groups in total. The Bertz CT molecular complexity index is 328. The largest absolute Gasteiger partial charge is 0.395 e. The summed E-state index contributed by atoms with van der Waals surface area (Å²) in [5.74, 6) is 1.12. The van der Waals surface area contributed by atoms with E-state index >= 15 is 0 Å². The van der Waals surface area contributed by atoms with E-state index in [1.807, 2.05) is 18.7 Å². The molecule has 0 atom stereocenters. The Morgan fingerprint density at radius 2 is 1.94 bits per heavy atom. The minimum Gasteiger partial charge on any atom is -0.395 e. The zero-order valence-corrected chi connectivity index (χ0v) is 9.64. The summed E-state index contributed by atoms with van der Waals surface area (Å²) >= 11 is 0. The molecule has 7 nitrogen and oxygen atoms in total. The van der Waals surface area contributed by atoms with Gasteiger partial charge in [-0.3, -0.25) is 0 Å². The number of nitrogens with zero attached hydrogens (tertiary/aromatic N) is 4. The van der Waals surface area contributed by atoms with Gasteiger partial charge in [0.15, 0.2) is 0 Å². The number of aliphatic hydroxyl groups excluding tert-OH is 1. The maximum absolute atomic E-state index is 8.69. The molecule has 0 unspecified atom stereocenters. The molecule has 0 bridgehead atoms. The van der Waals surface area contributed by atoms with Crippen LogP contribution in [-0.4, -0.2) is 46.3 Å². The van der Waals surface area contributed by atoms with E-state index in [4.69, 9.17) is 10.8 Å². The lowest BCUT2D eigenvalue weighted by molar-refractivity contribution is 0.311. The standard InChI is InChI=1S/C9H18N6O/c1-3-15(4-2)9-13-7(10)12-8(14-9)11-5-6-16/h16H,3-6H2,1-2H3,(H3,10,11,12,13,14). The molecule has 0 aliphatic heterocycles. The summed E-state index contributed by atoms with van der Waals surface area (Å²) in [6, 6.07) is 0. The summed E-state index contributed by atoms with van der Waals surface area (Å²) in [6.45, 7) is 6.06. The van der Waals surface area contributed by atoms with Crippen LogP contribution in [0.2, 0.25) is 0 Å². The Hall–Kier alpha value is -1.63. The normalized spacial score (nSPS) is 10.2. The van der Waals surface area contributed by atoms with Gasteiger partial charge in [-0.1, -0.05) is 0 Å². The van der Waals surface area contributed by atoms with Crippen molar-refractivity contribution in [3.63, 3.8) is 0 Å². The van der Waals surface area contributed by atoms with Crippen LogP contribution in [0.15, 0.2) is 0 Å². The van der Waals surface area contributed by atoms with Gasteiger partial charge < -0.3 is 21.1 Å². The first-order valence-corrected chi connectivity index (χ1v) is 5.32. The predicted molar refractivity (Wildman–Crippen MR) is 63.4 cm³/mol. The maximum atomic E-state index is 8.69. The highest BCUT2D eigenvalue weighted by atomic mass is 16.3. The first-order chi connectivity index (χ1) is 7.71. The Morgan fingerprint density at radius 3 is 2.50 bits per heavy atom. The van der Waals surface area contributed by atoms with E-state index < -0.39 is 0 Å². The SMILES string of the molecule is CCN(CC)c1nc(N)nc(NCCO)n1. The van der Waals surface area contributed by atoms with Crippen molar-refractivity contribution in [2.75, 3.05) is 42.2 Å². The molecule has 1 rings (SSSR count). The van der Waals surface area contributed by atoms with Crippen molar-refractivity contribution in [3.8, 4) is 0 Å². The number of nitrogen functional groups attached to an aromatic ring is 1. The molecule has 0 fully saturated rings. The molecule has 1 aromatic rings. The third-order valence-electron chi connectivity index (χ3n) is 2.08. The van der Waals surface area contributed by atoms with E-state index in [0.29, 0.717) is 18.4 Å². The van der Waals surface area contributed by atoms with Crippen molar-refractivity contribution < 1.29 is 5.11 Å². The molecule has 0 spiro atoms. The fraction of sp³-hybridized carbons (Fsp3) is 0.667. The summed E-state index contributed by atoms with van der Waals surface area (Å²) in [6.07, 6.45) is 0. The van der Waals surface area contributed by atoms with Crippen LogP contribution in [-0.2, 0) is 0 Å². The van der Waals surface area contributed by atoms with Gasteiger partial charge >= 0.3 is 0 Å². The van der Waals surface area contributed by atoms with Gasteiger partial charge in [-0.2, -0.15) is 15.0 Å². The highest BCUT2D eigenvalue weighted by Gasteiger charge is 2.08. The lowest BCUT2D eigenvalue weighted by Crippen LogP contribution is -2.25. The van der Waals surface area contributed by atoms with E-state index in [1.165, 1.54) is 0 Å². The number of anilines is 3. The van der Waals surface area contributed by atoms with Crippen molar-refractivity contribution in [2.24, 2.45) is 0 Å². The van der Waals surface area contributed by atoms with Crippen LogP contribution in [0.5, 0.6) is 0 Å². The molecule has 0 saturated heterocycles. The second-order valence-corrected chi connectivity index (χ2v) is 3.14. The fourth-order valence-corrected chi connectivity index (χ4v) is 1.28. The van der Waals surface area contributed by atoms with Gasteiger partial charge in [0.1, 0.15) is 0 Å². The van der Waals surface area contributed by atoms with Gasteiger partial charge in [-0.15, -0.1) is 0 Å². The molecule has 0 saturated carbocycles. The van der Waals surface area contributed by atoms with Gasteiger partial charge in [0.2, 0.25) is 17.8 Å². The minimum absolute atomic E-state index is 0.0200. The maximum Gasteiger partial charge on any atom is 0.231 e. The highest BCUT2D eigenvalue weighted by molar-refractivity contribution is 5.41. The molecule has 0 aliphatic rings. The van der Waals surface area contributed by atoms with E-state index in [2.05, 4.69) is 20.3 Å². The Labute approximate surface area is 94.7 Å². The van der Waals surface area contributed by atoms with Gasteiger partial charge in [-0.05, 0) is 13.8 Å². The second kappa shape index (κ2) is 6.06. The quantitative estimate of drug-likeness (QED) is 0.612. The number of hydrogen-bond donors (Lipinski definition) is 3. The number of nitrogens with two attached hydrogens (primary N) is 1. The van der Waals surface area contributed by atoms with Gasteiger partial charge in [0, 0.05) is 19.6 Å². The molecule has 0 radical (unpaired) electrons. The van der Waals surface area contributed by atoms with Crippen molar-refractivity contribution in [1.29, 1.82) is 0 Å². The molecular weight excluding hydrogens is 208 g/mol. The first-order valence-electron chi connectivity index (χ1n) is 5.32. The van der Waals surface area contributed by atoms with E-state index in [1.54, 1.807) is 0 Å². The Kier molecular flexibility index (Phi) is 4.71. The van der Waals surface area contributed by atoms with Crippen molar-refractivity contribution in [3.05, 3.63) is 0 Å². The summed E-state index contributed by atoms with van der Waals surface area (Å²) in [5.41, 5.74) is 5.59. The van der Waals surface area contributed by atoms with Crippen molar-refractivity contribution in [2.45, 2.75) is 13.8 Å². The van der Waals surface area contributed by atoms with Gasteiger partial charge in [0.05, 0.1) is 6.61 Å². The number of hydrogen-bond acceptors (Lipinski definition) is 7. The van der Waals surface area contributed by atoms with E-state index in [-0.39, 0.29) is 12.6 Å². The summed E-state index contributed by atoms with van der Waals surface area (Å²) in [5, 5.41) is 11.6. The monoisotopic (exact) mass is 226 g/mol. The van der Waals surface area contributed by atoms with E-state index in [0.717, 1.165) is 13.1 Å².